The number of ether oxygens (including phenoxy) is 2. The number of benzene rings is 2. The van der Waals surface area contributed by atoms with Crippen molar-refractivity contribution in [3.05, 3.63) is 64.9 Å². The van der Waals surface area contributed by atoms with E-state index in [0.717, 1.165) is 12.1 Å². The maximum atomic E-state index is 14.4. The molecule has 1 aliphatic rings. The van der Waals surface area contributed by atoms with Crippen molar-refractivity contribution in [2.75, 3.05) is 12.4 Å². The molecule has 33 heavy (non-hydrogen) atoms. The van der Waals surface area contributed by atoms with E-state index in [1.807, 2.05) is 13.8 Å². The number of hydrogen-bond donors (Lipinski definition) is 2. The van der Waals surface area contributed by atoms with Crippen LogP contribution in [0.4, 0.5) is 14.6 Å². The quantitative estimate of drug-likeness (QED) is 0.609. The average molecular weight is 456 g/mol. The highest BCUT2D eigenvalue weighted by Gasteiger charge is 2.34. The topological polar surface area (TPSA) is 94.5 Å². The van der Waals surface area contributed by atoms with Crippen LogP contribution in [0.5, 0.6) is 17.2 Å². The molecule has 0 spiro atoms. The summed E-state index contributed by atoms with van der Waals surface area (Å²) in [7, 11) is 3.00. The molecule has 4 rings (SSSR count). The van der Waals surface area contributed by atoms with E-state index in [4.69, 9.17) is 9.47 Å². The minimum absolute atomic E-state index is 0.160. The second kappa shape index (κ2) is 8.19. The largest absolute Gasteiger partial charge is 0.487 e. The molecular formula is C23H22F2N4O4. The monoisotopic (exact) mass is 456 g/mol. The van der Waals surface area contributed by atoms with Crippen molar-refractivity contribution in [2.45, 2.75) is 25.9 Å². The van der Waals surface area contributed by atoms with Gasteiger partial charge in [0.05, 0.1) is 0 Å². The van der Waals surface area contributed by atoms with E-state index in [1.54, 1.807) is 30.1 Å². The third-order valence-corrected chi connectivity index (χ3v) is 5.07. The zero-order chi connectivity index (χ0) is 23.9. The van der Waals surface area contributed by atoms with Gasteiger partial charge in [-0.1, -0.05) is 0 Å². The Hall–Kier alpha value is -3.95. The molecule has 2 N–H and O–H groups in total. The van der Waals surface area contributed by atoms with Crippen LogP contribution in [0, 0.1) is 11.6 Å². The first kappa shape index (κ1) is 22.3. The van der Waals surface area contributed by atoms with Gasteiger partial charge in [0.1, 0.15) is 40.0 Å². The van der Waals surface area contributed by atoms with Crippen LogP contribution in [0.15, 0.2) is 36.5 Å². The molecule has 0 bridgehead atoms. The molecule has 8 nitrogen and oxygen atoms in total. The molecular weight excluding hydrogens is 434 g/mol. The summed E-state index contributed by atoms with van der Waals surface area (Å²) in [5, 5.41) is 8.99. The lowest BCUT2D eigenvalue weighted by Gasteiger charge is -2.16. The predicted octanol–water partition coefficient (Wildman–Crippen LogP) is 3.82. The number of aromatic nitrogens is 2. The number of carbonyl (C=O) groups excluding carboxylic acids is 2. The SMILES string of the molecule is CNC(=O)c1c(F)cc(Oc2cc(C(=O)Nc3ccn(C)n3)cc3c2CC(C)(C)O3)cc1F. The maximum absolute atomic E-state index is 14.4. The molecule has 3 aromatic rings. The molecule has 0 atom stereocenters. The minimum atomic E-state index is -1.07. The van der Waals surface area contributed by atoms with E-state index in [0.29, 0.717) is 23.6 Å². The summed E-state index contributed by atoms with van der Waals surface area (Å²) in [6, 6.07) is 6.54. The van der Waals surface area contributed by atoms with Crippen molar-refractivity contribution in [1.82, 2.24) is 15.1 Å². The van der Waals surface area contributed by atoms with Gasteiger partial charge in [-0.2, -0.15) is 5.10 Å². The highest BCUT2D eigenvalue weighted by Crippen LogP contribution is 2.43. The molecule has 0 saturated carbocycles. The van der Waals surface area contributed by atoms with Crippen LogP contribution >= 0.6 is 0 Å². The number of fused-ring (bicyclic) bond motifs is 1. The van der Waals surface area contributed by atoms with Gasteiger partial charge in [-0.15, -0.1) is 0 Å². The Bertz CT molecular complexity index is 1250. The third kappa shape index (κ3) is 4.50. The number of carbonyl (C=O) groups is 2. The van der Waals surface area contributed by atoms with E-state index in [1.165, 1.54) is 13.1 Å². The predicted molar refractivity (Wildman–Crippen MR) is 116 cm³/mol. The van der Waals surface area contributed by atoms with Crippen molar-refractivity contribution in [3.63, 3.8) is 0 Å². The fraction of sp³-hybridized carbons (Fsp3) is 0.261. The number of aryl methyl sites for hydroxylation is 1. The molecule has 2 heterocycles. The number of hydrogen-bond acceptors (Lipinski definition) is 5. The summed E-state index contributed by atoms with van der Waals surface area (Å²) >= 11 is 0. The fourth-order valence-corrected chi connectivity index (χ4v) is 3.61. The van der Waals surface area contributed by atoms with Crippen LogP contribution < -0.4 is 20.1 Å². The highest BCUT2D eigenvalue weighted by atomic mass is 19.1. The first-order valence-electron chi connectivity index (χ1n) is 10.1. The maximum Gasteiger partial charge on any atom is 0.257 e. The fourth-order valence-electron chi connectivity index (χ4n) is 3.61. The van der Waals surface area contributed by atoms with Gasteiger partial charge in [-0.05, 0) is 26.0 Å². The molecule has 2 amide bonds. The Balaban J connectivity index is 1.70. The summed E-state index contributed by atoms with van der Waals surface area (Å²) in [5.41, 5.74) is -0.389. The molecule has 1 aromatic heterocycles. The van der Waals surface area contributed by atoms with Gasteiger partial charge in [-0.25, -0.2) is 8.78 Å². The summed E-state index contributed by atoms with van der Waals surface area (Å²) < 4.78 is 42.1. The van der Waals surface area contributed by atoms with Crippen molar-refractivity contribution in [2.24, 2.45) is 7.05 Å². The van der Waals surface area contributed by atoms with Crippen LogP contribution in [-0.4, -0.2) is 34.2 Å². The van der Waals surface area contributed by atoms with Crippen LogP contribution in [-0.2, 0) is 13.5 Å². The summed E-state index contributed by atoms with van der Waals surface area (Å²) in [6.07, 6.45) is 2.14. The molecule has 0 radical (unpaired) electrons. The second-order valence-electron chi connectivity index (χ2n) is 8.26. The molecule has 0 saturated heterocycles. The molecule has 10 heteroatoms. The van der Waals surface area contributed by atoms with E-state index >= 15 is 0 Å². The highest BCUT2D eigenvalue weighted by molar-refractivity contribution is 6.04. The lowest BCUT2D eigenvalue weighted by molar-refractivity contribution is 0.0953. The number of anilines is 1. The average Bonchev–Trinajstić information content (AvgIpc) is 3.27. The lowest BCUT2D eigenvalue weighted by atomic mass is 9.99. The van der Waals surface area contributed by atoms with Crippen LogP contribution in [0.2, 0.25) is 0 Å². The van der Waals surface area contributed by atoms with Crippen LogP contribution in [0.3, 0.4) is 0 Å². The van der Waals surface area contributed by atoms with Crippen LogP contribution in [0.1, 0.15) is 40.1 Å². The Morgan fingerprint density at radius 1 is 1.15 bits per heavy atom. The van der Waals surface area contributed by atoms with E-state index in [9.17, 15) is 18.4 Å². The second-order valence-corrected chi connectivity index (χ2v) is 8.26. The van der Waals surface area contributed by atoms with Gasteiger partial charge in [0.2, 0.25) is 0 Å². The number of rotatable bonds is 5. The smallest absolute Gasteiger partial charge is 0.257 e. The number of halogens is 2. The lowest BCUT2D eigenvalue weighted by Crippen LogP contribution is -2.24. The number of nitrogens with one attached hydrogen (secondary N) is 2. The Morgan fingerprint density at radius 3 is 2.45 bits per heavy atom. The summed E-state index contributed by atoms with van der Waals surface area (Å²) in [6.45, 7) is 3.75. The molecule has 2 aromatic carbocycles. The van der Waals surface area contributed by atoms with Gasteiger partial charge >= 0.3 is 0 Å². The Kier molecular flexibility index (Phi) is 5.52. The standard InChI is InChI=1S/C23H22F2N4O4/c1-23(2)11-14-17(32-13-9-15(24)20(16(25)10-13)22(31)26-3)7-12(8-18(14)33-23)21(30)27-19-5-6-29(4)28-19/h5-10H,11H2,1-4H3,(H,26,31)(H,27,28,30). The molecule has 1 aliphatic heterocycles. The van der Waals surface area contributed by atoms with Crippen molar-refractivity contribution < 1.29 is 27.8 Å². The van der Waals surface area contributed by atoms with Crippen LogP contribution in [0.25, 0.3) is 0 Å². The van der Waals surface area contributed by atoms with E-state index in [-0.39, 0.29) is 17.1 Å². The first-order valence-corrected chi connectivity index (χ1v) is 10.1. The first-order chi connectivity index (χ1) is 15.6. The Labute approximate surface area is 188 Å². The number of amides is 2. The van der Waals surface area contributed by atoms with Gasteiger partial charge < -0.3 is 20.1 Å². The zero-order valence-corrected chi connectivity index (χ0v) is 18.5. The van der Waals surface area contributed by atoms with Gasteiger partial charge in [0.15, 0.2) is 5.82 Å². The van der Waals surface area contributed by atoms with Gasteiger partial charge in [-0.3, -0.25) is 14.3 Å². The van der Waals surface area contributed by atoms with E-state index < -0.39 is 34.6 Å². The molecule has 172 valence electrons. The minimum Gasteiger partial charge on any atom is -0.487 e. The van der Waals surface area contributed by atoms with Crippen molar-refractivity contribution in [1.29, 1.82) is 0 Å². The van der Waals surface area contributed by atoms with E-state index in [2.05, 4.69) is 15.7 Å². The van der Waals surface area contributed by atoms with Crippen molar-refractivity contribution in [3.8, 4) is 17.2 Å². The third-order valence-electron chi connectivity index (χ3n) is 5.07. The summed E-state index contributed by atoms with van der Waals surface area (Å²) in [4.78, 5) is 24.5. The summed E-state index contributed by atoms with van der Waals surface area (Å²) in [5.74, 6) is -2.62. The van der Waals surface area contributed by atoms with Gasteiger partial charge in [0, 0.05) is 56.0 Å². The Morgan fingerprint density at radius 2 is 1.85 bits per heavy atom. The molecule has 0 aliphatic carbocycles. The normalized spacial score (nSPS) is 13.8. The van der Waals surface area contributed by atoms with Crippen molar-refractivity contribution >= 4 is 17.6 Å². The number of nitrogens with zero attached hydrogens (tertiary/aromatic N) is 2. The van der Waals surface area contributed by atoms with Gasteiger partial charge in [0.25, 0.3) is 11.8 Å². The molecule has 0 fully saturated rings. The zero-order valence-electron chi connectivity index (χ0n) is 18.5. The molecule has 0 unspecified atom stereocenters.